The van der Waals surface area contributed by atoms with E-state index in [1.54, 1.807) is 31.3 Å². The monoisotopic (exact) mass is 476 g/mol. The summed E-state index contributed by atoms with van der Waals surface area (Å²) in [6.07, 6.45) is 2.09. The third kappa shape index (κ3) is 6.41. The molecule has 9 heteroatoms. The summed E-state index contributed by atoms with van der Waals surface area (Å²) in [6.45, 7) is 4.44. The van der Waals surface area contributed by atoms with Gasteiger partial charge in [0.2, 0.25) is 23.5 Å². The van der Waals surface area contributed by atoms with Crippen LogP contribution in [0.1, 0.15) is 30.4 Å². The number of hydrogen-bond acceptors (Lipinski definition) is 7. The lowest BCUT2D eigenvalue weighted by atomic mass is 10.1. The van der Waals surface area contributed by atoms with Gasteiger partial charge in [-0.1, -0.05) is 35.5 Å². The van der Waals surface area contributed by atoms with E-state index in [1.807, 2.05) is 37.3 Å². The second-order valence-electron chi connectivity index (χ2n) is 7.74. The van der Waals surface area contributed by atoms with E-state index < -0.39 is 0 Å². The number of aryl methyl sites for hydroxylation is 2. The second-order valence-corrected chi connectivity index (χ2v) is 7.74. The van der Waals surface area contributed by atoms with Crippen molar-refractivity contribution in [3.63, 3.8) is 0 Å². The number of aromatic nitrogens is 3. The maximum atomic E-state index is 13.8. The Balaban J connectivity index is 1.25. The Bertz CT molecular complexity index is 1290. The fourth-order valence-electron chi connectivity index (χ4n) is 3.21. The van der Waals surface area contributed by atoms with Crippen molar-refractivity contribution in [2.45, 2.75) is 33.2 Å². The number of amides is 1. The van der Waals surface area contributed by atoms with Crippen LogP contribution in [0.3, 0.4) is 0 Å². The molecule has 0 aliphatic carbocycles. The van der Waals surface area contributed by atoms with E-state index in [4.69, 9.17) is 14.0 Å². The maximum Gasteiger partial charge on any atom is 0.227 e. The van der Waals surface area contributed by atoms with Crippen molar-refractivity contribution in [3.8, 4) is 28.8 Å². The van der Waals surface area contributed by atoms with Crippen molar-refractivity contribution in [2.75, 3.05) is 6.61 Å². The van der Waals surface area contributed by atoms with E-state index in [9.17, 15) is 9.18 Å². The Morgan fingerprint density at radius 1 is 1.11 bits per heavy atom. The van der Waals surface area contributed by atoms with Crippen LogP contribution < -0.4 is 14.8 Å². The highest BCUT2D eigenvalue weighted by molar-refractivity contribution is 5.76. The maximum absolute atomic E-state index is 13.8. The molecule has 0 atom stereocenters. The highest BCUT2D eigenvalue weighted by Gasteiger charge is 2.12. The number of hydrogen-bond donors (Lipinski definition) is 1. The third-order valence-electron chi connectivity index (χ3n) is 5.11. The molecule has 0 unspecified atom stereocenters. The molecule has 0 fully saturated rings. The van der Waals surface area contributed by atoms with Gasteiger partial charge in [-0.3, -0.25) is 4.79 Å². The first kappa shape index (κ1) is 23.9. The Kier molecular flexibility index (Phi) is 7.67. The molecule has 2 heterocycles. The van der Waals surface area contributed by atoms with Crippen molar-refractivity contribution in [3.05, 3.63) is 83.6 Å². The molecule has 35 heavy (non-hydrogen) atoms. The Morgan fingerprint density at radius 3 is 2.69 bits per heavy atom. The van der Waals surface area contributed by atoms with Crippen molar-refractivity contribution >= 4 is 5.91 Å². The molecule has 4 aromatic rings. The van der Waals surface area contributed by atoms with Crippen molar-refractivity contribution in [1.29, 1.82) is 0 Å². The number of nitrogens with zero attached hydrogens (tertiary/aromatic N) is 3. The van der Waals surface area contributed by atoms with Gasteiger partial charge in [0.15, 0.2) is 11.5 Å². The molecule has 0 spiro atoms. The number of pyridine rings is 1. The van der Waals surface area contributed by atoms with Crippen LogP contribution in [0.25, 0.3) is 11.4 Å². The van der Waals surface area contributed by atoms with Gasteiger partial charge in [-0.15, -0.1) is 0 Å². The van der Waals surface area contributed by atoms with E-state index in [-0.39, 0.29) is 30.4 Å². The molecule has 0 radical (unpaired) electrons. The molecule has 2 aromatic heterocycles. The van der Waals surface area contributed by atoms with Crippen LogP contribution in [0.15, 0.2) is 65.3 Å². The summed E-state index contributed by atoms with van der Waals surface area (Å²) in [5, 5.41) is 6.71. The number of carbonyl (C=O) groups excluding carboxylic acids is 1. The van der Waals surface area contributed by atoms with Crippen molar-refractivity contribution in [2.24, 2.45) is 0 Å². The zero-order valence-corrected chi connectivity index (χ0v) is 19.5. The average Bonchev–Trinajstić information content (AvgIpc) is 3.34. The summed E-state index contributed by atoms with van der Waals surface area (Å²) < 4.78 is 30.3. The summed E-state index contributed by atoms with van der Waals surface area (Å²) in [5.74, 6) is 1.75. The molecule has 8 nitrogen and oxygen atoms in total. The lowest BCUT2D eigenvalue weighted by Crippen LogP contribution is -2.23. The van der Waals surface area contributed by atoms with Crippen LogP contribution in [0, 0.1) is 12.7 Å². The molecule has 4 rings (SSSR count). The van der Waals surface area contributed by atoms with Gasteiger partial charge in [-0.25, -0.2) is 9.37 Å². The summed E-state index contributed by atoms with van der Waals surface area (Å²) in [5.41, 5.74) is 1.89. The Hall–Kier alpha value is -4.27. The van der Waals surface area contributed by atoms with Crippen LogP contribution in [0.2, 0.25) is 0 Å². The van der Waals surface area contributed by atoms with Gasteiger partial charge >= 0.3 is 0 Å². The molecule has 1 N–H and O–H groups in total. The standard InChI is InChI=1S/C26H25FN4O4/c1-3-33-21-6-4-5-7-22(21)34-24-12-9-18(16-29-24)15-28-23(32)11-13-25-30-26(31-35-25)19-10-8-17(2)20(27)14-19/h4-10,12,14,16H,3,11,13,15H2,1-2H3,(H,28,32). The molecule has 1 amide bonds. The van der Waals surface area contributed by atoms with E-state index in [0.29, 0.717) is 47.5 Å². The number of halogens is 1. The van der Waals surface area contributed by atoms with Gasteiger partial charge in [0.1, 0.15) is 5.82 Å². The number of para-hydroxylation sites is 2. The average molecular weight is 477 g/mol. The lowest BCUT2D eigenvalue weighted by Gasteiger charge is -2.11. The van der Waals surface area contributed by atoms with Crippen molar-refractivity contribution < 1.29 is 23.2 Å². The van der Waals surface area contributed by atoms with E-state index in [0.717, 1.165) is 5.56 Å². The fourth-order valence-corrected chi connectivity index (χ4v) is 3.21. The van der Waals surface area contributed by atoms with E-state index in [2.05, 4.69) is 20.4 Å². The summed E-state index contributed by atoms with van der Waals surface area (Å²) in [7, 11) is 0. The first-order chi connectivity index (χ1) is 17.0. The Labute approximate surface area is 202 Å². The minimum Gasteiger partial charge on any atom is -0.490 e. The van der Waals surface area contributed by atoms with Crippen LogP contribution in [0.5, 0.6) is 17.4 Å². The zero-order chi connectivity index (χ0) is 24.6. The van der Waals surface area contributed by atoms with Gasteiger partial charge in [0.25, 0.3) is 0 Å². The third-order valence-corrected chi connectivity index (χ3v) is 5.11. The molecule has 0 bridgehead atoms. The molecule has 180 valence electrons. The molecule has 0 aliphatic heterocycles. The van der Waals surface area contributed by atoms with Crippen LogP contribution in [-0.2, 0) is 17.8 Å². The van der Waals surface area contributed by atoms with Crippen molar-refractivity contribution in [1.82, 2.24) is 20.4 Å². The Morgan fingerprint density at radius 2 is 1.94 bits per heavy atom. The quantitative estimate of drug-likeness (QED) is 0.343. The van der Waals surface area contributed by atoms with Gasteiger partial charge in [0.05, 0.1) is 6.61 Å². The summed E-state index contributed by atoms with van der Waals surface area (Å²) >= 11 is 0. The topological polar surface area (TPSA) is 99.4 Å². The normalized spacial score (nSPS) is 10.7. The largest absolute Gasteiger partial charge is 0.490 e. The van der Waals surface area contributed by atoms with Gasteiger partial charge in [-0.2, -0.15) is 4.98 Å². The van der Waals surface area contributed by atoms with Gasteiger partial charge < -0.3 is 19.3 Å². The smallest absolute Gasteiger partial charge is 0.227 e. The molecule has 2 aromatic carbocycles. The molecular weight excluding hydrogens is 451 g/mol. The van der Waals surface area contributed by atoms with Crippen LogP contribution in [0.4, 0.5) is 4.39 Å². The highest BCUT2D eigenvalue weighted by atomic mass is 19.1. The minimum absolute atomic E-state index is 0.169. The molecule has 0 saturated carbocycles. The first-order valence-electron chi connectivity index (χ1n) is 11.2. The molecule has 0 aliphatic rings. The molecule has 0 saturated heterocycles. The van der Waals surface area contributed by atoms with E-state index >= 15 is 0 Å². The summed E-state index contributed by atoms with van der Waals surface area (Å²) in [6, 6.07) is 15.7. The predicted molar refractivity (Wildman–Crippen MR) is 127 cm³/mol. The first-order valence-corrected chi connectivity index (χ1v) is 11.2. The zero-order valence-electron chi connectivity index (χ0n) is 19.5. The second kappa shape index (κ2) is 11.2. The van der Waals surface area contributed by atoms with Crippen LogP contribution >= 0.6 is 0 Å². The number of benzene rings is 2. The van der Waals surface area contributed by atoms with Crippen LogP contribution in [-0.4, -0.2) is 27.6 Å². The number of carbonyl (C=O) groups is 1. The van der Waals surface area contributed by atoms with Gasteiger partial charge in [0, 0.05) is 37.2 Å². The number of nitrogens with one attached hydrogen (secondary N) is 1. The minimum atomic E-state index is -0.336. The number of rotatable bonds is 10. The lowest BCUT2D eigenvalue weighted by molar-refractivity contribution is -0.121. The molecular formula is C26H25FN4O4. The predicted octanol–water partition coefficient (Wildman–Crippen LogP) is 5.02. The fraction of sp³-hybridized carbons (Fsp3) is 0.231. The SMILES string of the molecule is CCOc1ccccc1Oc1ccc(CNC(=O)CCc2nc(-c3ccc(C)c(F)c3)no2)cn1. The van der Waals surface area contributed by atoms with Gasteiger partial charge in [-0.05, 0) is 43.2 Å². The number of ether oxygens (including phenoxy) is 2. The summed E-state index contributed by atoms with van der Waals surface area (Å²) in [4.78, 5) is 20.8. The van der Waals surface area contributed by atoms with E-state index in [1.165, 1.54) is 6.07 Å². The highest BCUT2D eigenvalue weighted by Crippen LogP contribution is 2.30.